The van der Waals surface area contributed by atoms with E-state index in [4.69, 9.17) is 30.5 Å². The highest BCUT2D eigenvalue weighted by Gasteiger charge is 2.49. The predicted molar refractivity (Wildman–Crippen MR) is 134 cm³/mol. The number of ether oxygens (including phenoxy) is 2. The molecular weight excluding hydrogens is 544 g/mol. The van der Waals surface area contributed by atoms with E-state index < -0.39 is 64.9 Å². The third kappa shape index (κ3) is 12.4. The summed E-state index contributed by atoms with van der Waals surface area (Å²) in [6.45, 7) is 1.08. The number of rotatable bonds is 20. The van der Waals surface area contributed by atoms with Crippen molar-refractivity contribution >= 4 is 53.3 Å². The number of likely N-dealkylation sites (tertiary alicyclic amines) is 1. The number of imide groups is 1. The largest absolute Gasteiger partial charge is 0.481 e. The number of nitrogens with one attached hydrogen (secondary N) is 2. The molecule has 0 radical (unpaired) electrons. The number of amides is 4. The van der Waals surface area contributed by atoms with Crippen LogP contribution in [0.2, 0.25) is 0 Å². The van der Waals surface area contributed by atoms with Crippen LogP contribution in [0.5, 0.6) is 0 Å². The topological polar surface area (TPSA) is 252 Å². The van der Waals surface area contributed by atoms with E-state index in [1.807, 2.05) is 0 Å². The van der Waals surface area contributed by atoms with Crippen LogP contribution in [-0.4, -0.2) is 124 Å². The van der Waals surface area contributed by atoms with Gasteiger partial charge < -0.3 is 41.2 Å². The van der Waals surface area contributed by atoms with Gasteiger partial charge in [-0.25, -0.2) is 0 Å². The van der Waals surface area contributed by atoms with Crippen molar-refractivity contribution in [3.63, 3.8) is 0 Å². The summed E-state index contributed by atoms with van der Waals surface area (Å²) in [5.41, 5.74) is 5.38. The van der Waals surface area contributed by atoms with E-state index >= 15 is 0 Å². The van der Waals surface area contributed by atoms with Crippen molar-refractivity contribution in [3.8, 4) is 0 Å². The Balaban J connectivity index is 2.66. The first-order valence-electron chi connectivity index (χ1n) is 11.9. The molecule has 1 heterocycles. The number of nitrogens with zero attached hydrogens (tertiary/aromatic N) is 1. The first-order valence-corrected chi connectivity index (χ1v) is 12.9. The minimum Gasteiger partial charge on any atom is -0.481 e. The Hall–Kier alpha value is -3.28. The molecule has 0 aliphatic carbocycles. The third-order valence-electron chi connectivity index (χ3n) is 5.41. The van der Waals surface area contributed by atoms with Crippen molar-refractivity contribution in [1.29, 1.82) is 0 Å². The van der Waals surface area contributed by atoms with Gasteiger partial charge in [-0.1, -0.05) is 0 Å². The highest BCUT2D eigenvalue weighted by molar-refractivity contribution is 8.01. The summed E-state index contributed by atoms with van der Waals surface area (Å²) in [7, 11) is 0. The molecule has 0 saturated carbocycles. The smallest absolute Gasteiger partial charge is 0.322 e. The summed E-state index contributed by atoms with van der Waals surface area (Å²) >= 11 is 0.936. The Bertz CT molecular complexity index is 933. The first-order chi connectivity index (χ1) is 18.3. The van der Waals surface area contributed by atoms with Gasteiger partial charge in [0, 0.05) is 12.2 Å². The van der Waals surface area contributed by atoms with Gasteiger partial charge in [-0.2, -0.15) is 0 Å². The normalized spacial score (nSPS) is 18.5. The minimum absolute atomic E-state index is 0.0231. The molecule has 4 amide bonds. The summed E-state index contributed by atoms with van der Waals surface area (Å²) in [5, 5.41) is 30.7. The van der Waals surface area contributed by atoms with Crippen LogP contribution in [0.15, 0.2) is 0 Å². The summed E-state index contributed by atoms with van der Waals surface area (Å²) in [4.78, 5) is 83.4. The summed E-state index contributed by atoms with van der Waals surface area (Å²) in [5.74, 6) is -6.32. The molecule has 1 aliphatic heterocycles. The van der Waals surface area contributed by atoms with Crippen molar-refractivity contribution in [2.24, 2.45) is 5.73 Å². The van der Waals surface area contributed by atoms with Crippen LogP contribution in [0.3, 0.4) is 0 Å². The molecule has 220 valence electrons. The maximum atomic E-state index is 13.0. The maximum absolute atomic E-state index is 13.0. The number of carboxylic acid groups (broad SMARTS) is 3. The number of hydrogen-bond acceptors (Lipinski definition) is 11. The monoisotopic (exact) mass is 578 g/mol. The fourth-order valence-electron chi connectivity index (χ4n) is 3.25. The molecule has 0 aromatic carbocycles. The van der Waals surface area contributed by atoms with E-state index in [1.165, 1.54) is 6.92 Å². The van der Waals surface area contributed by atoms with Crippen LogP contribution >= 0.6 is 11.8 Å². The van der Waals surface area contributed by atoms with Crippen LogP contribution in [0, 0.1) is 0 Å². The van der Waals surface area contributed by atoms with E-state index in [1.54, 1.807) is 0 Å². The average Bonchev–Trinajstić information content (AvgIpc) is 3.07. The van der Waals surface area contributed by atoms with Crippen LogP contribution in [-0.2, 0) is 43.0 Å². The molecule has 1 saturated heterocycles. The lowest BCUT2D eigenvalue weighted by Crippen LogP contribution is -2.50. The van der Waals surface area contributed by atoms with Crippen LogP contribution in [0.25, 0.3) is 0 Å². The molecule has 1 fully saturated rings. The second kappa shape index (κ2) is 16.6. The van der Waals surface area contributed by atoms with Crippen molar-refractivity contribution in [2.45, 2.75) is 49.4 Å². The molecule has 17 heteroatoms. The van der Waals surface area contributed by atoms with Gasteiger partial charge in [0.1, 0.15) is 23.4 Å². The van der Waals surface area contributed by atoms with Crippen LogP contribution < -0.4 is 16.4 Å². The van der Waals surface area contributed by atoms with Gasteiger partial charge in [0.15, 0.2) is 0 Å². The molecule has 0 spiro atoms. The number of nitrogens with two attached hydrogens (primary N) is 1. The zero-order valence-corrected chi connectivity index (χ0v) is 22.2. The van der Waals surface area contributed by atoms with Crippen molar-refractivity contribution < 1.29 is 58.4 Å². The zero-order valence-electron chi connectivity index (χ0n) is 21.4. The minimum atomic E-state index is -1.32. The molecule has 16 nitrogen and oxygen atoms in total. The Morgan fingerprint density at radius 2 is 1.67 bits per heavy atom. The molecule has 39 heavy (non-hydrogen) atoms. The van der Waals surface area contributed by atoms with E-state index in [9.17, 15) is 33.6 Å². The summed E-state index contributed by atoms with van der Waals surface area (Å²) in [6, 6.07) is -2.56. The Labute approximate surface area is 227 Å². The van der Waals surface area contributed by atoms with Gasteiger partial charge in [0.25, 0.3) is 0 Å². The van der Waals surface area contributed by atoms with Gasteiger partial charge in [-0.05, 0) is 13.3 Å². The predicted octanol–water partition coefficient (Wildman–Crippen LogP) is -2.38. The third-order valence-corrected chi connectivity index (χ3v) is 6.87. The maximum Gasteiger partial charge on any atom is 0.322 e. The molecular formula is C22H34N4O12S. The lowest BCUT2D eigenvalue weighted by Gasteiger charge is -2.25. The molecule has 1 aliphatic rings. The van der Waals surface area contributed by atoms with Gasteiger partial charge in [0.2, 0.25) is 23.6 Å². The zero-order chi connectivity index (χ0) is 29.6. The molecule has 3 unspecified atom stereocenters. The summed E-state index contributed by atoms with van der Waals surface area (Å²) in [6.07, 6.45) is -0.834. The van der Waals surface area contributed by atoms with Crippen LogP contribution in [0.4, 0.5) is 0 Å². The fourth-order valence-corrected chi connectivity index (χ4v) is 4.48. The van der Waals surface area contributed by atoms with Gasteiger partial charge in [-0.15, -0.1) is 11.8 Å². The first kappa shape index (κ1) is 33.7. The number of thioether (sulfide) groups is 1. The Morgan fingerprint density at radius 1 is 1.03 bits per heavy atom. The standard InChI is InChI=1S/C22H34N4O12S/c1-22(10-16(28)26(21(22)36)5-7-38-9-8-37-6-4-17(29)30)39-12-14(19(33)24-11-18(31)32)25-15(27)3-2-13(23)20(34)35/h13-14H,2-12,23H2,1H3,(H,24,33)(H,25,27)(H,29,30)(H,31,32)(H,34,35). The number of carbonyl (C=O) groups is 7. The van der Waals surface area contributed by atoms with Crippen LogP contribution in [0.1, 0.15) is 32.6 Å². The highest BCUT2D eigenvalue weighted by atomic mass is 32.2. The van der Waals surface area contributed by atoms with Crippen molar-refractivity contribution in [2.75, 3.05) is 45.3 Å². The number of carboxylic acids is 3. The van der Waals surface area contributed by atoms with E-state index in [2.05, 4.69) is 10.6 Å². The van der Waals surface area contributed by atoms with Gasteiger partial charge in [-0.3, -0.25) is 38.5 Å². The second-order valence-corrected chi connectivity index (χ2v) is 10.2. The van der Waals surface area contributed by atoms with Gasteiger partial charge >= 0.3 is 17.9 Å². The summed E-state index contributed by atoms with van der Waals surface area (Å²) < 4.78 is 9.13. The van der Waals surface area contributed by atoms with Gasteiger partial charge in [0.05, 0.1) is 45.8 Å². The molecule has 0 aromatic rings. The average molecular weight is 579 g/mol. The number of carbonyl (C=O) groups excluding carboxylic acids is 4. The molecule has 0 bridgehead atoms. The molecule has 7 N–H and O–H groups in total. The van der Waals surface area contributed by atoms with Crippen molar-refractivity contribution in [3.05, 3.63) is 0 Å². The fraction of sp³-hybridized carbons (Fsp3) is 0.682. The van der Waals surface area contributed by atoms with E-state index in [0.29, 0.717) is 0 Å². The lowest BCUT2D eigenvalue weighted by molar-refractivity contribution is -0.140. The SMILES string of the molecule is CC1(SCC(NC(=O)CCC(N)C(=O)O)C(=O)NCC(=O)O)CC(=O)N(CCOCCOCCC(=O)O)C1=O. The van der Waals surface area contributed by atoms with E-state index in [-0.39, 0.29) is 64.4 Å². The Kier molecular flexibility index (Phi) is 14.4. The number of aliphatic carboxylic acids is 3. The van der Waals surface area contributed by atoms with Crippen molar-refractivity contribution in [1.82, 2.24) is 15.5 Å². The molecule has 3 atom stereocenters. The quantitative estimate of drug-likeness (QED) is 0.0652. The van der Waals surface area contributed by atoms with E-state index in [0.717, 1.165) is 16.7 Å². The number of hydrogen-bond donors (Lipinski definition) is 6. The Morgan fingerprint density at radius 3 is 2.26 bits per heavy atom. The highest BCUT2D eigenvalue weighted by Crippen LogP contribution is 2.37. The molecule has 1 rings (SSSR count). The molecule has 0 aromatic heterocycles. The second-order valence-electron chi connectivity index (χ2n) is 8.65. The lowest BCUT2D eigenvalue weighted by atomic mass is 10.1.